The van der Waals surface area contributed by atoms with Crippen molar-refractivity contribution in [2.75, 3.05) is 13.7 Å². The van der Waals surface area contributed by atoms with Gasteiger partial charge in [0.1, 0.15) is 5.75 Å². The number of pyridine rings is 2. The molecule has 2 aromatic rings. The zero-order valence-corrected chi connectivity index (χ0v) is 12.7. The molecule has 0 spiro atoms. The third kappa shape index (κ3) is 4.83. The van der Waals surface area contributed by atoms with Crippen molar-refractivity contribution < 1.29 is 4.74 Å². The lowest BCUT2D eigenvalue weighted by Crippen LogP contribution is -2.16. The molecule has 0 fully saturated rings. The Bertz CT molecular complexity index is 509. The molecule has 21 heavy (non-hydrogen) atoms. The van der Waals surface area contributed by atoms with Crippen molar-refractivity contribution in [1.29, 1.82) is 0 Å². The van der Waals surface area contributed by atoms with Crippen LogP contribution in [0.1, 0.15) is 37.1 Å². The summed E-state index contributed by atoms with van der Waals surface area (Å²) in [6.45, 7) is 2.85. The minimum absolute atomic E-state index is 0.311. The summed E-state index contributed by atoms with van der Waals surface area (Å²) < 4.78 is 5.73. The molecule has 1 atom stereocenters. The molecule has 1 N–H and O–H groups in total. The molecule has 0 aliphatic heterocycles. The maximum atomic E-state index is 5.73. The number of nitrogens with one attached hydrogen (secondary N) is 1. The van der Waals surface area contributed by atoms with Crippen molar-refractivity contribution in [3.8, 4) is 5.75 Å². The fourth-order valence-electron chi connectivity index (χ4n) is 2.26. The average Bonchev–Trinajstić information content (AvgIpc) is 2.55. The Morgan fingerprint density at radius 2 is 2.00 bits per heavy atom. The topological polar surface area (TPSA) is 47.0 Å². The predicted molar refractivity (Wildman–Crippen MR) is 84.4 cm³/mol. The molecule has 2 rings (SSSR count). The van der Waals surface area contributed by atoms with Crippen LogP contribution in [0.2, 0.25) is 0 Å². The average molecular weight is 285 g/mol. The first-order chi connectivity index (χ1) is 10.3. The molecule has 112 valence electrons. The third-order valence-electron chi connectivity index (χ3n) is 3.50. The van der Waals surface area contributed by atoms with Gasteiger partial charge in [-0.1, -0.05) is 6.92 Å². The Morgan fingerprint density at radius 1 is 1.19 bits per heavy atom. The quantitative estimate of drug-likeness (QED) is 0.757. The molecule has 0 saturated heterocycles. The Morgan fingerprint density at radius 3 is 2.62 bits per heavy atom. The van der Waals surface area contributed by atoms with Crippen molar-refractivity contribution in [1.82, 2.24) is 15.3 Å². The van der Waals surface area contributed by atoms with E-state index in [-0.39, 0.29) is 0 Å². The summed E-state index contributed by atoms with van der Waals surface area (Å²) in [5, 5.41) is 3.25. The maximum Gasteiger partial charge on any atom is 0.137 e. The largest absolute Gasteiger partial charge is 0.492 e. The van der Waals surface area contributed by atoms with E-state index in [1.165, 1.54) is 5.56 Å². The minimum Gasteiger partial charge on any atom is -0.492 e. The van der Waals surface area contributed by atoms with Gasteiger partial charge in [-0.3, -0.25) is 9.97 Å². The van der Waals surface area contributed by atoms with Gasteiger partial charge < -0.3 is 10.1 Å². The zero-order valence-electron chi connectivity index (χ0n) is 12.7. The Labute approximate surface area is 126 Å². The summed E-state index contributed by atoms with van der Waals surface area (Å²) in [7, 11) is 1.96. The van der Waals surface area contributed by atoms with Gasteiger partial charge in [0.2, 0.25) is 0 Å². The zero-order chi connectivity index (χ0) is 14.9. The van der Waals surface area contributed by atoms with E-state index in [0.29, 0.717) is 12.6 Å². The number of aryl methyl sites for hydroxylation is 1. The first-order valence-corrected chi connectivity index (χ1v) is 7.48. The van der Waals surface area contributed by atoms with E-state index in [1.807, 2.05) is 49.9 Å². The summed E-state index contributed by atoms with van der Waals surface area (Å²) in [6, 6.07) is 8.42. The second-order valence-corrected chi connectivity index (χ2v) is 4.98. The standard InChI is InChI=1S/C17H23N3O/c1-3-16(18-2)17-7-6-15(13-20-17)21-12-4-5-14-8-10-19-11-9-14/h6-11,13,16,18H,3-5,12H2,1-2H3. The van der Waals surface area contributed by atoms with Gasteiger partial charge in [-0.25, -0.2) is 0 Å². The smallest absolute Gasteiger partial charge is 0.137 e. The highest BCUT2D eigenvalue weighted by molar-refractivity contribution is 5.21. The maximum absolute atomic E-state index is 5.73. The SMILES string of the molecule is CCC(NC)c1ccc(OCCCc2ccncc2)cn1. The molecule has 0 amide bonds. The molecule has 0 aliphatic rings. The van der Waals surface area contributed by atoms with Crippen LogP contribution >= 0.6 is 0 Å². The minimum atomic E-state index is 0.311. The van der Waals surface area contributed by atoms with Gasteiger partial charge in [0.05, 0.1) is 18.5 Å². The Hall–Kier alpha value is -1.94. The molecular formula is C17H23N3O. The molecule has 0 aromatic carbocycles. The summed E-state index contributed by atoms with van der Waals surface area (Å²) >= 11 is 0. The first kappa shape index (κ1) is 15.4. The van der Waals surface area contributed by atoms with Crippen molar-refractivity contribution in [3.63, 3.8) is 0 Å². The highest BCUT2D eigenvalue weighted by Gasteiger charge is 2.07. The van der Waals surface area contributed by atoms with Gasteiger partial charge in [0.25, 0.3) is 0 Å². The van der Waals surface area contributed by atoms with E-state index < -0.39 is 0 Å². The fraction of sp³-hybridized carbons (Fsp3) is 0.412. The van der Waals surface area contributed by atoms with E-state index in [1.54, 1.807) is 0 Å². The highest BCUT2D eigenvalue weighted by Crippen LogP contribution is 2.17. The van der Waals surface area contributed by atoms with Crippen LogP contribution in [0.5, 0.6) is 5.75 Å². The molecule has 0 bridgehead atoms. The van der Waals surface area contributed by atoms with Crippen LogP contribution in [0, 0.1) is 0 Å². The summed E-state index contributed by atoms with van der Waals surface area (Å²) in [6.07, 6.45) is 8.47. The first-order valence-electron chi connectivity index (χ1n) is 7.48. The number of nitrogens with zero attached hydrogens (tertiary/aromatic N) is 2. The van der Waals surface area contributed by atoms with Crippen molar-refractivity contribution >= 4 is 0 Å². The number of rotatable bonds is 8. The van der Waals surface area contributed by atoms with E-state index >= 15 is 0 Å². The summed E-state index contributed by atoms with van der Waals surface area (Å²) in [5.74, 6) is 0.833. The molecule has 4 nitrogen and oxygen atoms in total. The van der Waals surface area contributed by atoms with Crippen LogP contribution in [0.4, 0.5) is 0 Å². The second-order valence-electron chi connectivity index (χ2n) is 4.98. The van der Waals surface area contributed by atoms with E-state index in [9.17, 15) is 0 Å². The lowest BCUT2D eigenvalue weighted by atomic mass is 10.1. The van der Waals surface area contributed by atoms with Crippen molar-refractivity contribution in [3.05, 3.63) is 54.1 Å². The number of hydrogen-bond acceptors (Lipinski definition) is 4. The third-order valence-corrected chi connectivity index (χ3v) is 3.50. The van der Waals surface area contributed by atoms with Crippen LogP contribution in [0.15, 0.2) is 42.9 Å². The molecule has 0 radical (unpaired) electrons. The van der Waals surface area contributed by atoms with E-state index in [2.05, 4.69) is 22.2 Å². The Kier molecular flexibility index (Phi) is 6.16. The number of aromatic nitrogens is 2. The van der Waals surface area contributed by atoms with Crippen molar-refractivity contribution in [2.24, 2.45) is 0 Å². The van der Waals surface area contributed by atoms with Gasteiger partial charge in [-0.05, 0) is 56.1 Å². The summed E-state index contributed by atoms with van der Waals surface area (Å²) in [5.41, 5.74) is 2.35. The predicted octanol–water partition coefficient (Wildman–Crippen LogP) is 3.16. The Balaban J connectivity index is 1.76. The van der Waals surface area contributed by atoms with Crippen LogP contribution in [0.25, 0.3) is 0 Å². The van der Waals surface area contributed by atoms with Gasteiger partial charge in [0, 0.05) is 18.4 Å². The number of ether oxygens (including phenoxy) is 1. The van der Waals surface area contributed by atoms with Crippen LogP contribution in [-0.2, 0) is 6.42 Å². The molecule has 0 saturated carbocycles. The van der Waals surface area contributed by atoms with E-state index in [4.69, 9.17) is 4.74 Å². The second kappa shape index (κ2) is 8.37. The van der Waals surface area contributed by atoms with Gasteiger partial charge in [-0.2, -0.15) is 0 Å². The highest BCUT2D eigenvalue weighted by atomic mass is 16.5. The van der Waals surface area contributed by atoms with Gasteiger partial charge in [-0.15, -0.1) is 0 Å². The normalized spacial score (nSPS) is 12.1. The fourth-order valence-corrected chi connectivity index (χ4v) is 2.26. The lowest BCUT2D eigenvalue weighted by molar-refractivity contribution is 0.309. The van der Waals surface area contributed by atoms with Crippen LogP contribution in [-0.4, -0.2) is 23.6 Å². The monoisotopic (exact) mass is 285 g/mol. The van der Waals surface area contributed by atoms with Crippen LogP contribution < -0.4 is 10.1 Å². The molecule has 2 aromatic heterocycles. The van der Waals surface area contributed by atoms with E-state index in [0.717, 1.165) is 30.7 Å². The molecular weight excluding hydrogens is 262 g/mol. The summed E-state index contributed by atoms with van der Waals surface area (Å²) in [4.78, 5) is 8.47. The molecule has 1 unspecified atom stereocenters. The molecule has 2 heterocycles. The molecule has 4 heteroatoms. The lowest BCUT2D eigenvalue weighted by Gasteiger charge is -2.13. The van der Waals surface area contributed by atoms with Crippen LogP contribution in [0.3, 0.4) is 0 Å². The van der Waals surface area contributed by atoms with Gasteiger partial charge >= 0.3 is 0 Å². The van der Waals surface area contributed by atoms with Crippen molar-refractivity contribution in [2.45, 2.75) is 32.2 Å². The van der Waals surface area contributed by atoms with Gasteiger partial charge in [0.15, 0.2) is 0 Å². The molecule has 0 aliphatic carbocycles. The number of hydrogen-bond donors (Lipinski definition) is 1.